The lowest BCUT2D eigenvalue weighted by atomic mass is 9.83. The van der Waals surface area contributed by atoms with E-state index in [1.807, 2.05) is 0 Å². The Kier molecular flexibility index (Phi) is 10.4. The summed E-state index contributed by atoms with van der Waals surface area (Å²) in [6.45, 7) is 2.48. The van der Waals surface area contributed by atoms with E-state index in [1.165, 1.54) is 96.3 Å². The molecule has 2 atom stereocenters. The van der Waals surface area contributed by atoms with Crippen LogP contribution in [0.2, 0.25) is 0 Å². The van der Waals surface area contributed by atoms with Gasteiger partial charge >= 0.3 is 0 Å². The highest BCUT2D eigenvalue weighted by atomic mass is 14.3. The average molecular weight is 321 g/mol. The van der Waals surface area contributed by atoms with Gasteiger partial charge in [0.1, 0.15) is 0 Å². The van der Waals surface area contributed by atoms with E-state index in [4.69, 9.17) is 0 Å². The summed E-state index contributed by atoms with van der Waals surface area (Å²) in [6.07, 6.45) is 28.9. The summed E-state index contributed by atoms with van der Waals surface area (Å²) in [5.74, 6) is 3.14. The first-order chi connectivity index (χ1) is 11.3. The molecule has 0 nitrogen and oxygen atoms in total. The monoisotopic (exact) mass is 320 g/mol. The van der Waals surface area contributed by atoms with Crippen molar-refractivity contribution in [2.24, 2.45) is 17.8 Å². The first-order valence-electron chi connectivity index (χ1n) is 11.3. The maximum Gasteiger partial charge on any atom is -0.0412 e. The zero-order valence-electron chi connectivity index (χ0n) is 16.2. The summed E-state index contributed by atoms with van der Waals surface area (Å²) in [5, 5.41) is 0. The summed E-state index contributed by atoms with van der Waals surface area (Å²) < 4.78 is 0. The minimum Gasteiger partial charge on any atom is -0.0625 e. The fourth-order valence-corrected chi connectivity index (χ4v) is 5.11. The molecule has 136 valence electrons. The molecule has 0 aromatic heterocycles. The van der Waals surface area contributed by atoms with E-state index in [-0.39, 0.29) is 0 Å². The van der Waals surface area contributed by atoms with Gasteiger partial charge in [-0.05, 0) is 24.2 Å². The van der Waals surface area contributed by atoms with E-state index < -0.39 is 0 Å². The van der Waals surface area contributed by atoms with Gasteiger partial charge in [0, 0.05) is 0 Å². The molecule has 23 heavy (non-hydrogen) atoms. The number of hydrogen-bond donors (Lipinski definition) is 0. The van der Waals surface area contributed by atoms with Crippen molar-refractivity contribution in [2.75, 3.05) is 0 Å². The van der Waals surface area contributed by atoms with Crippen molar-refractivity contribution in [3.05, 3.63) is 0 Å². The van der Waals surface area contributed by atoms with Crippen LogP contribution in [-0.4, -0.2) is 0 Å². The quantitative estimate of drug-likeness (QED) is 0.449. The lowest BCUT2D eigenvalue weighted by Gasteiger charge is -2.23. The number of hydrogen-bond acceptors (Lipinski definition) is 0. The zero-order valence-corrected chi connectivity index (χ0v) is 16.2. The van der Waals surface area contributed by atoms with Crippen molar-refractivity contribution in [3.8, 4) is 0 Å². The highest BCUT2D eigenvalue weighted by Gasteiger charge is 2.20. The van der Waals surface area contributed by atoms with Crippen LogP contribution in [-0.2, 0) is 0 Å². The maximum atomic E-state index is 2.48. The fourth-order valence-electron chi connectivity index (χ4n) is 5.11. The van der Waals surface area contributed by atoms with Crippen molar-refractivity contribution in [1.29, 1.82) is 0 Å². The lowest BCUT2D eigenvalue weighted by molar-refractivity contribution is 0.293. The van der Waals surface area contributed by atoms with Gasteiger partial charge in [0.25, 0.3) is 0 Å². The summed E-state index contributed by atoms with van der Waals surface area (Å²) in [4.78, 5) is 0. The van der Waals surface area contributed by atoms with Gasteiger partial charge in [-0.25, -0.2) is 0 Å². The molecular formula is C23H44. The van der Waals surface area contributed by atoms with Gasteiger partial charge in [0.15, 0.2) is 0 Å². The molecule has 0 N–H and O–H groups in total. The molecule has 2 aliphatic carbocycles. The van der Waals surface area contributed by atoms with Gasteiger partial charge in [-0.2, -0.15) is 0 Å². The largest absolute Gasteiger partial charge is 0.0625 e. The van der Waals surface area contributed by atoms with Crippen LogP contribution in [0.15, 0.2) is 0 Å². The van der Waals surface area contributed by atoms with Crippen molar-refractivity contribution in [1.82, 2.24) is 0 Å². The molecule has 2 aliphatic rings. The molecule has 0 saturated heterocycles. The average Bonchev–Trinajstić information content (AvgIpc) is 2.75. The Bertz CT molecular complexity index is 255. The van der Waals surface area contributed by atoms with Crippen LogP contribution in [0.1, 0.15) is 129 Å². The Morgan fingerprint density at radius 1 is 0.435 bits per heavy atom. The Balaban J connectivity index is 1.73. The van der Waals surface area contributed by atoms with Gasteiger partial charge in [-0.3, -0.25) is 0 Å². The van der Waals surface area contributed by atoms with Crippen molar-refractivity contribution < 1.29 is 0 Å². The molecule has 0 heteroatoms. The van der Waals surface area contributed by atoms with Crippen molar-refractivity contribution >= 4 is 0 Å². The highest BCUT2D eigenvalue weighted by Crippen LogP contribution is 2.34. The van der Waals surface area contributed by atoms with Crippen molar-refractivity contribution in [3.63, 3.8) is 0 Å². The van der Waals surface area contributed by atoms with Gasteiger partial charge in [0.05, 0.1) is 0 Å². The predicted molar refractivity (Wildman–Crippen MR) is 104 cm³/mol. The first kappa shape index (κ1) is 19.3. The standard InChI is InChI=1S/C23H44/c1-21-14-13-17-23(19-18-21)20-22-15-11-9-7-5-3-2-4-6-8-10-12-16-22/h21-23H,2-20H2,1H3. The summed E-state index contributed by atoms with van der Waals surface area (Å²) >= 11 is 0. The molecule has 0 bridgehead atoms. The molecule has 0 spiro atoms. The Hall–Kier alpha value is 0. The lowest BCUT2D eigenvalue weighted by Crippen LogP contribution is -2.10. The molecule has 0 heterocycles. The van der Waals surface area contributed by atoms with E-state index in [9.17, 15) is 0 Å². The van der Waals surface area contributed by atoms with Crippen LogP contribution in [0.5, 0.6) is 0 Å². The van der Waals surface area contributed by atoms with Crippen LogP contribution in [0.25, 0.3) is 0 Å². The Morgan fingerprint density at radius 2 is 0.870 bits per heavy atom. The normalized spacial score (nSPS) is 31.2. The molecule has 0 radical (unpaired) electrons. The van der Waals surface area contributed by atoms with Crippen molar-refractivity contribution in [2.45, 2.75) is 129 Å². The second kappa shape index (κ2) is 12.4. The molecule has 2 rings (SSSR count). The molecule has 0 aliphatic heterocycles. The molecule has 2 fully saturated rings. The number of rotatable bonds is 2. The van der Waals surface area contributed by atoms with Crippen LogP contribution < -0.4 is 0 Å². The van der Waals surface area contributed by atoms with E-state index in [1.54, 1.807) is 25.7 Å². The zero-order chi connectivity index (χ0) is 16.2. The van der Waals surface area contributed by atoms with Crippen LogP contribution in [0.3, 0.4) is 0 Å². The van der Waals surface area contributed by atoms with Gasteiger partial charge in [-0.1, -0.05) is 122 Å². The van der Waals surface area contributed by atoms with Gasteiger partial charge in [0.2, 0.25) is 0 Å². The molecule has 2 unspecified atom stereocenters. The van der Waals surface area contributed by atoms with E-state index in [0.29, 0.717) is 0 Å². The Morgan fingerprint density at radius 3 is 1.43 bits per heavy atom. The SMILES string of the molecule is CC1CCCC(CC2CCCCCCCCCCCCC2)CC1. The molecule has 0 amide bonds. The second-order valence-corrected chi connectivity index (χ2v) is 9.05. The smallest absolute Gasteiger partial charge is 0.0412 e. The third kappa shape index (κ3) is 9.16. The second-order valence-electron chi connectivity index (χ2n) is 9.05. The molecule has 2 saturated carbocycles. The van der Waals surface area contributed by atoms with E-state index >= 15 is 0 Å². The minimum absolute atomic E-state index is 1.00. The van der Waals surface area contributed by atoms with Gasteiger partial charge < -0.3 is 0 Å². The fraction of sp³-hybridized carbons (Fsp3) is 1.00. The maximum absolute atomic E-state index is 2.48. The summed E-state index contributed by atoms with van der Waals surface area (Å²) in [7, 11) is 0. The van der Waals surface area contributed by atoms with Crippen LogP contribution in [0.4, 0.5) is 0 Å². The molecule has 0 aromatic rings. The van der Waals surface area contributed by atoms with Crippen LogP contribution >= 0.6 is 0 Å². The predicted octanol–water partition coefficient (Wildman–Crippen LogP) is 8.29. The summed E-state index contributed by atoms with van der Waals surface area (Å²) in [5.41, 5.74) is 0. The topological polar surface area (TPSA) is 0 Å². The van der Waals surface area contributed by atoms with E-state index in [2.05, 4.69) is 6.92 Å². The highest BCUT2D eigenvalue weighted by molar-refractivity contribution is 4.72. The third-order valence-electron chi connectivity index (χ3n) is 6.77. The van der Waals surface area contributed by atoms with E-state index in [0.717, 1.165) is 17.8 Å². The molecule has 0 aromatic carbocycles. The minimum atomic E-state index is 1.00. The Labute approximate surface area is 147 Å². The van der Waals surface area contributed by atoms with Gasteiger partial charge in [-0.15, -0.1) is 0 Å². The first-order valence-corrected chi connectivity index (χ1v) is 11.3. The molecular weight excluding hydrogens is 276 g/mol. The summed E-state index contributed by atoms with van der Waals surface area (Å²) in [6, 6.07) is 0. The third-order valence-corrected chi connectivity index (χ3v) is 6.77. The van der Waals surface area contributed by atoms with Crippen LogP contribution in [0, 0.1) is 17.8 Å².